The summed E-state index contributed by atoms with van der Waals surface area (Å²) in [5, 5.41) is 11.9. The average Bonchev–Trinajstić information content (AvgIpc) is 2.57. The number of halogens is 3. The number of hydrogen-bond acceptors (Lipinski definition) is 2. The monoisotopic (exact) mass is 371 g/mol. The molecule has 4 nitrogen and oxygen atoms in total. The fraction of sp³-hybridized carbons (Fsp3) is 0.579. The molecule has 0 aromatic heterocycles. The Hall–Kier alpha value is -2.05. The van der Waals surface area contributed by atoms with Crippen LogP contribution < -0.4 is 5.32 Å². The molecule has 0 bridgehead atoms. The molecule has 1 fully saturated rings. The molecule has 3 unspecified atom stereocenters. The van der Waals surface area contributed by atoms with Crippen LogP contribution in [0, 0.1) is 24.7 Å². The van der Waals surface area contributed by atoms with Crippen molar-refractivity contribution in [1.29, 1.82) is 0 Å². The lowest BCUT2D eigenvalue weighted by atomic mass is 9.80. The van der Waals surface area contributed by atoms with E-state index in [4.69, 9.17) is 0 Å². The lowest BCUT2D eigenvalue weighted by Crippen LogP contribution is -2.40. The van der Waals surface area contributed by atoms with Crippen LogP contribution >= 0.6 is 0 Å². The summed E-state index contributed by atoms with van der Waals surface area (Å²) < 4.78 is 38.6. The highest BCUT2D eigenvalue weighted by molar-refractivity contribution is 5.79. The van der Waals surface area contributed by atoms with Gasteiger partial charge in [-0.1, -0.05) is 36.2 Å². The Labute approximate surface area is 150 Å². The number of nitrogens with one attached hydrogen (secondary N) is 1. The van der Waals surface area contributed by atoms with Gasteiger partial charge in [-0.05, 0) is 38.2 Å². The van der Waals surface area contributed by atoms with Gasteiger partial charge in [-0.2, -0.15) is 13.2 Å². The number of carbonyl (C=O) groups is 2. The van der Waals surface area contributed by atoms with Gasteiger partial charge in [0.1, 0.15) is 0 Å². The van der Waals surface area contributed by atoms with Crippen molar-refractivity contribution in [2.75, 3.05) is 6.54 Å². The zero-order valence-corrected chi connectivity index (χ0v) is 14.7. The van der Waals surface area contributed by atoms with Gasteiger partial charge in [0, 0.05) is 12.5 Å². The molecule has 1 aliphatic carbocycles. The molecule has 26 heavy (non-hydrogen) atoms. The highest BCUT2D eigenvalue weighted by Gasteiger charge is 2.43. The Morgan fingerprint density at radius 2 is 2.04 bits per heavy atom. The van der Waals surface area contributed by atoms with E-state index in [1.54, 1.807) is 0 Å². The van der Waals surface area contributed by atoms with E-state index in [2.05, 4.69) is 5.32 Å². The van der Waals surface area contributed by atoms with Crippen LogP contribution in [-0.2, 0) is 16.0 Å². The maximum absolute atomic E-state index is 12.9. The molecule has 1 saturated carbocycles. The summed E-state index contributed by atoms with van der Waals surface area (Å²) in [4.78, 5) is 23.7. The quantitative estimate of drug-likeness (QED) is 0.801. The lowest BCUT2D eigenvalue weighted by Gasteiger charge is -2.30. The van der Waals surface area contributed by atoms with Gasteiger partial charge in [-0.15, -0.1) is 0 Å². The zero-order chi connectivity index (χ0) is 19.3. The molecule has 0 radical (unpaired) electrons. The highest BCUT2D eigenvalue weighted by Crippen LogP contribution is 2.39. The number of carboxylic acid groups (broad SMARTS) is 1. The number of aryl methyl sites for hydroxylation is 1. The first-order valence-corrected chi connectivity index (χ1v) is 8.79. The molecule has 1 amide bonds. The Kier molecular flexibility index (Phi) is 6.67. The summed E-state index contributed by atoms with van der Waals surface area (Å²) in [6.07, 6.45) is -3.42. The zero-order valence-electron chi connectivity index (χ0n) is 14.7. The van der Waals surface area contributed by atoms with Crippen LogP contribution in [0.3, 0.4) is 0 Å². The fourth-order valence-electron chi connectivity index (χ4n) is 3.46. The van der Waals surface area contributed by atoms with E-state index in [0.29, 0.717) is 12.8 Å². The van der Waals surface area contributed by atoms with Gasteiger partial charge in [0.2, 0.25) is 5.91 Å². The van der Waals surface area contributed by atoms with Gasteiger partial charge in [0.25, 0.3) is 0 Å². The van der Waals surface area contributed by atoms with Crippen molar-refractivity contribution in [3.8, 4) is 0 Å². The fourth-order valence-corrected chi connectivity index (χ4v) is 3.46. The van der Waals surface area contributed by atoms with Gasteiger partial charge in [0.15, 0.2) is 0 Å². The van der Waals surface area contributed by atoms with E-state index in [1.165, 1.54) is 0 Å². The maximum atomic E-state index is 12.9. The molecule has 2 rings (SSSR count). The minimum atomic E-state index is -4.28. The van der Waals surface area contributed by atoms with Gasteiger partial charge in [0.05, 0.1) is 11.8 Å². The van der Waals surface area contributed by atoms with Crippen LogP contribution in [0.4, 0.5) is 13.2 Å². The van der Waals surface area contributed by atoms with E-state index in [0.717, 1.165) is 11.1 Å². The van der Waals surface area contributed by atoms with Gasteiger partial charge >= 0.3 is 12.1 Å². The van der Waals surface area contributed by atoms with Crippen LogP contribution in [0.2, 0.25) is 0 Å². The molecule has 0 aliphatic heterocycles. The third-order valence-electron chi connectivity index (χ3n) is 4.94. The first-order valence-electron chi connectivity index (χ1n) is 8.79. The standard InChI is InChI=1S/C19H24F3NO3/c1-12-4-2-5-13(8-12)9-15(18(25)26)11-23-17(24)14-6-3-7-16(10-14)19(20,21)22/h2,4-5,8,14-16H,3,6-7,9-11H2,1H3,(H,23,24)(H,25,26). The molecule has 3 atom stereocenters. The summed E-state index contributed by atoms with van der Waals surface area (Å²) in [5.41, 5.74) is 1.86. The minimum Gasteiger partial charge on any atom is -0.481 e. The highest BCUT2D eigenvalue weighted by atomic mass is 19.4. The van der Waals surface area contributed by atoms with Crippen molar-refractivity contribution in [2.45, 2.75) is 45.2 Å². The number of carbonyl (C=O) groups excluding carboxylic acids is 1. The number of amides is 1. The number of carboxylic acids is 1. The number of aliphatic carboxylic acids is 1. The van der Waals surface area contributed by atoms with Gasteiger partial charge in [-0.3, -0.25) is 9.59 Å². The van der Waals surface area contributed by atoms with E-state index in [1.807, 2.05) is 31.2 Å². The Balaban J connectivity index is 1.91. The van der Waals surface area contributed by atoms with Crippen LogP contribution in [-0.4, -0.2) is 29.7 Å². The maximum Gasteiger partial charge on any atom is 0.391 e. The largest absolute Gasteiger partial charge is 0.481 e. The summed E-state index contributed by atoms with van der Waals surface area (Å²) in [6.45, 7) is 1.82. The molecule has 0 heterocycles. The Morgan fingerprint density at radius 3 is 2.65 bits per heavy atom. The molecule has 0 saturated heterocycles. The number of hydrogen-bond donors (Lipinski definition) is 2. The Bertz CT molecular complexity index is 645. The first kappa shape index (κ1) is 20.3. The lowest BCUT2D eigenvalue weighted by molar-refractivity contribution is -0.186. The molecule has 1 aromatic carbocycles. The minimum absolute atomic E-state index is 0.0540. The molecule has 0 spiro atoms. The number of benzene rings is 1. The summed E-state index contributed by atoms with van der Waals surface area (Å²) in [6, 6.07) is 7.44. The van der Waals surface area contributed by atoms with Crippen LogP contribution in [0.1, 0.15) is 36.8 Å². The third-order valence-corrected chi connectivity index (χ3v) is 4.94. The van der Waals surface area contributed by atoms with Crippen molar-refractivity contribution >= 4 is 11.9 Å². The van der Waals surface area contributed by atoms with Crippen LogP contribution in [0.15, 0.2) is 24.3 Å². The molecular weight excluding hydrogens is 347 g/mol. The van der Waals surface area contributed by atoms with Crippen molar-refractivity contribution < 1.29 is 27.9 Å². The van der Waals surface area contributed by atoms with Crippen LogP contribution in [0.5, 0.6) is 0 Å². The van der Waals surface area contributed by atoms with E-state index in [9.17, 15) is 27.9 Å². The topological polar surface area (TPSA) is 66.4 Å². The predicted molar refractivity (Wildman–Crippen MR) is 90.5 cm³/mol. The summed E-state index contributed by atoms with van der Waals surface area (Å²) >= 11 is 0. The smallest absolute Gasteiger partial charge is 0.391 e. The van der Waals surface area contributed by atoms with Crippen molar-refractivity contribution in [1.82, 2.24) is 5.32 Å². The molecular formula is C19H24F3NO3. The Morgan fingerprint density at radius 1 is 1.31 bits per heavy atom. The van der Waals surface area contributed by atoms with E-state index >= 15 is 0 Å². The third kappa shape index (κ3) is 5.75. The first-order chi connectivity index (χ1) is 12.2. The normalized spacial score (nSPS) is 21.8. The van der Waals surface area contributed by atoms with E-state index in [-0.39, 0.29) is 25.8 Å². The number of alkyl halides is 3. The molecule has 7 heteroatoms. The molecule has 144 valence electrons. The average molecular weight is 371 g/mol. The SMILES string of the molecule is Cc1cccc(CC(CNC(=O)C2CCCC(C(F)(F)F)C2)C(=O)O)c1. The summed E-state index contributed by atoms with van der Waals surface area (Å²) in [5.74, 6) is -4.49. The predicted octanol–water partition coefficient (Wildman–Crippen LogP) is 3.72. The molecule has 1 aromatic rings. The van der Waals surface area contributed by atoms with Crippen LogP contribution in [0.25, 0.3) is 0 Å². The van der Waals surface area contributed by atoms with Crippen molar-refractivity contribution in [2.24, 2.45) is 17.8 Å². The van der Waals surface area contributed by atoms with Crippen molar-refractivity contribution in [3.05, 3.63) is 35.4 Å². The molecule has 1 aliphatic rings. The second-order valence-corrected chi connectivity index (χ2v) is 7.08. The molecule has 2 N–H and O–H groups in total. The van der Waals surface area contributed by atoms with Gasteiger partial charge < -0.3 is 10.4 Å². The number of rotatable bonds is 6. The second kappa shape index (κ2) is 8.56. The summed E-state index contributed by atoms with van der Waals surface area (Å²) in [7, 11) is 0. The second-order valence-electron chi connectivity index (χ2n) is 7.08. The van der Waals surface area contributed by atoms with Crippen molar-refractivity contribution in [3.63, 3.8) is 0 Å². The van der Waals surface area contributed by atoms with Gasteiger partial charge in [-0.25, -0.2) is 0 Å². The van der Waals surface area contributed by atoms with E-state index < -0.39 is 35.8 Å².